The third-order valence-corrected chi connectivity index (χ3v) is 3.61. The van der Waals surface area contributed by atoms with E-state index in [-0.39, 0.29) is 5.75 Å². The number of rotatable bonds is 7. The fourth-order valence-corrected chi connectivity index (χ4v) is 2.27. The van der Waals surface area contributed by atoms with E-state index in [0.29, 0.717) is 22.8 Å². The van der Waals surface area contributed by atoms with Crippen LogP contribution in [0.5, 0.6) is 11.5 Å². The second-order valence-electron chi connectivity index (χ2n) is 5.30. The van der Waals surface area contributed by atoms with Crippen LogP contribution in [0.2, 0.25) is 5.02 Å². The fraction of sp³-hybridized carbons (Fsp3) is 0.158. The minimum atomic E-state index is -0.753. The number of carbonyl (C=O) groups excluding carboxylic acids is 1. The van der Waals surface area contributed by atoms with Gasteiger partial charge in [-0.25, -0.2) is 5.43 Å². The molecule has 0 aliphatic heterocycles. The third-order valence-electron chi connectivity index (χ3n) is 3.37. The summed E-state index contributed by atoms with van der Waals surface area (Å²) in [6, 6.07) is 12.1. The molecule has 1 atom stereocenters. The van der Waals surface area contributed by atoms with E-state index in [1.807, 2.05) is 0 Å². The molecule has 2 N–H and O–H groups in total. The van der Waals surface area contributed by atoms with Gasteiger partial charge in [-0.3, -0.25) is 4.79 Å². The van der Waals surface area contributed by atoms with Gasteiger partial charge in [0.15, 0.2) is 6.10 Å². The van der Waals surface area contributed by atoms with E-state index in [1.165, 1.54) is 6.21 Å². The molecule has 0 saturated carbocycles. The molecule has 0 saturated heterocycles. The first-order valence-corrected chi connectivity index (χ1v) is 8.06. The van der Waals surface area contributed by atoms with E-state index in [1.54, 1.807) is 55.5 Å². The number of para-hydroxylation sites is 1. The molecule has 0 aromatic heterocycles. The summed E-state index contributed by atoms with van der Waals surface area (Å²) in [6.07, 6.45) is 2.87. The Labute approximate surface area is 151 Å². The van der Waals surface area contributed by atoms with Crippen molar-refractivity contribution in [1.29, 1.82) is 0 Å². The molecule has 0 bridgehead atoms. The number of amides is 1. The quantitative estimate of drug-likeness (QED) is 0.450. The smallest absolute Gasteiger partial charge is 0.280 e. The molecule has 2 aromatic carbocycles. The molecule has 0 heterocycles. The molecular formula is C19H19ClN2O3. The second-order valence-corrected chi connectivity index (χ2v) is 5.74. The van der Waals surface area contributed by atoms with Crippen molar-refractivity contribution in [1.82, 2.24) is 5.43 Å². The van der Waals surface area contributed by atoms with E-state index < -0.39 is 12.0 Å². The van der Waals surface area contributed by atoms with Gasteiger partial charge in [0, 0.05) is 10.6 Å². The van der Waals surface area contributed by atoms with Crippen molar-refractivity contribution in [3.8, 4) is 11.5 Å². The van der Waals surface area contributed by atoms with Gasteiger partial charge in [-0.05, 0) is 43.2 Å². The Morgan fingerprint density at radius 3 is 2.88 bits per heavy atom. The number of hydrogen-bond donors (Lipinski definition) is 2. The number of carbonyl (C=O) groups is 1. The van der Waals surface area contributed by atoms with E-state index >= 15 is 0 Å². The van der Waals surface area contributed by atoms with Crippen LogP contribution in [0.25, 0.3) is 0 Å². The molecule has 0 radical (unpaired) electrons. The number of phenolic OH excluding ortho intramolecular Hbond substituents is 1. The Morgan fingerprint density at radius 2 is 2.16 bits per heavy atom. The van der Waals surface area contributed by atoms with E-state index in [2.05, 4.69) is 17.1 Å². The molecular weight excluding hydrogens is 340 g/mol. The van der Waals surface area contributed by atoms with Crippen LogP contribution in [0.3, 0.4) is 0 Å². The first-order chi connectivity index (χ1) is 12.0. The van der Waals surface area contributed by atoms with Gasteiger partial charge >= 0.3 is 0 Å². The number of ether oxygens (including phenoxy) is 1. The molecule has 0 spiro atoms. The van der Waals surface area contributed by atoms with Gasteiger partial charge in [-0.15, -0.1) is 6.58 Å². The number of hydrazone groups is 1. The van der Waals surface area contributed by atoms with Crippen molar-refractivity contribution >= 4 is 23.7 Å². The molecule has 0 aliphatic rings. The summed E-state index contributed by atoms with van der Waals surface area (Å²) in [5, 5.41) is 14.5. The average Bonchev–Trinajstić information content (AvgIpc) is 2.58. The lowest BCUT2D eigenvalue weighted by atomic mass is 10.1. The second kappa shape index (κ2) is 8.89. The van der Waals surface area contributed by atoms with Gasteiger partial charge < -0.3 is 9.84 Å². The van der Waals surface area contributed by atoms with Crippen LogP contribution in [0.4, 0.5) is 0 Å². The van der Waals surface area contributed by atoms with Crippen LogP contribution in [0.15, 0.2) is 60.2 Å². The Morgan fingerprint density at radius 1 is 1.40 bits per heavy atom. The average molecular weight is 359 g/mol. The van der Waals surface area contributed by atoms with Crippen molar-refractivity contribution in [2.75, 3.05) is 0 Å². The Kier molecular flexibility index (Phi) is 6.60. The van der Waals surface area contributed by atoms with Crippen LogP contribution in [0.1, 0.15) is 18.1 Å². The number of halogens is 1. The highest BCUT2D eigenvalue weighted by molar-refractivity contribution is 6.30. The Hall–Kier alpha value is -2.79. The summed E-state index contributed by atoms with van der Waals surface area (Å²) in [5.74, 6) is 0.190. The van der Waals surface area contributed by atoms with Crippen LogP contribution >= 0.6 is 11.6 Å². The van der Waals surface area contributed by atoms with E-state index in [0.717, 1.165) is 5.56 Å². The zero-order chi connectivity index (χ0) is 18.2. The van der Waals surface area contributed by atoms with Gasteiger partial charge in [0.2, 0.25) is 0 Å². The van der Waals surface area contributed by atoms with Gasteiger partial charge in [-0.2, -0.15) is 5.10 Å². The molecule has 25 heavy (non-hydrogen) atoms. The molecule has 0 unspecified atom stereocenters. The molecule has 130 valence electrons. The summed E-state index contributed by atoms with van der Waals surface area (Å²) >= 11 is 5.88. The van der Waals surface area contributed by atoms with Crippen molar-refractivity contribution in [3.63, 3.8) is 0 Å². The van der Waals surface area contributed by atoms with Crippen molar-refractivity contribution in [2.24, 2.45) is 5.10 Å². The minimum absolute atomic E-state index is 0.114. The maximum Gasteiger partial charge on any atom is 0.280 e. The normalized spacial score (nSPS) is 11.9. The predicted octanol–water partition coefficient (Wildman–Crippen LogP) is 3.69. The van der Waals surface area contributed by atoms with E-state index in [4.69, 9.17) is 16.3 Å². The Bertz CT molecular complexity index is 790. The highest BCUT2D eigenvalue weighted by atomic mass is 35.5. The summed E-state index contributed by atoms with van der Waals surface area (Å²) in [5.41, 5.74) is 3.63. The Balaban J connectivity index is 1.96. The van der Waals surface area contributed by atoms with Gasteiger partial charge in [0.1, 0.15) is 11.5 Å². The molecule has 0 aliphatic carbocycles. The van der Waals surface area contributed by atoms with Crippen molar-refractivity contribution in [2.45, 2.75) is 19.4 Å². The maximum absolute atomic E-state index is 12.0. The maximum atomic E-state index is 12.0. The number of aromatic hydroxyl groups is 1. The number of allylic oxidation sites excluding steroid dienone is 1. The van der Waals surface area contributed by atoms with Gasteiger partial charge in [0.05, 0.1) is 6.21 Å². The molecule has 1 amide bonds. The summed E-state index contributed by atoms with van der Waals surface area (Å²) < 4.78 is 5.50. The molecule has 2 rings (SSSR count). The number of nitrogens with zero attached hydrogens (tertiary/aromatic N) is 1. The minimum Gasteiger partial charge on any atom is -0.507 e. The summed E-state index contributed by atoms with van der Waals surface area (Å²) in [7, 11) is 0. The standard InChI is InChI=1S/C19H19ClN2O3/c1-3-6-14-7-4-8-15(18(14)23)12-21-22-19(24)13(2)25-17-10-5-9-16(20)11-17/h3-5,7-13,23H,1,6H2,2H3,(H,22,24)/b21-12-/t13-/m1/s1. The molecule has 5 nitrogen and oxygen atoms in total. The molecule has 2 aromatic rings. The predicted molar refractivity (Wildman–Crippen MR) is 99.3 cm³/mol. The largest absolute Gasteiger partial charge is 0.507 e. The molecule has 0 fully saturated rings. The first kappa shape index (κ1) is 18.5. The van der Waals surface area contributed by atoms with E-state index in [9.17, 15) is 9.90 Å². The van der Waals surface area contributed by atoms with Crippen molar-refractivity contribution < 1.29 is 14.6 Å². The van der Waals surface area contributed by atoms with Crippen LogP contribution in [-0.4, -0.2) is 23.3 Å². The SMILES string of the molecule is C=CCc1cccc(/C=N\NC(=O)[C@@H](C)Oc2cccc(Cl)c2)c1O. The van der Waals surface area contributed by atoms with Crippen LogP contribution in [0, 0.1) is 0 Å². The van der Waals surface area contributed by atoms with Gasteiger partial charge in [0.25, 0.3) is 5.91 Å². The lowest BCUT2D eigenvalue weighted by Crippen LogP contribution is -2.33. The number of nitrogens with one attached hydrogen (secondary N) is 1. The number of phenols is 1. The fourth-order valence-electron chi connectivity index (χ4n) is 2.09. The number of benzene rings is 2. The first-order valence-electron chi connectivity index (χ1n) is 7.68. The number of hydrogen-bond acceptors (Lipinski definition) is 4. The van der Waals surface area contributed by atoms with Crippen molar-refractivity contribution in [3.05, 3.63) is 71.3 Å². The van der Waals surface area contributed by atoms with Crippen LogP contribution < -0.4 is 10.2 Å². The zero-order valence-corrected chi connectivity index (χ0v) is 14.5. The zero-order valence-electron chi connectivity index (χ0n) is 13.8. The third kappa shape index (κ3) is 5.36. The lowest BCUT2D eigenvalue weighted by Gasteiger charge is -2.13. The highest BCUT2D eigenvalue weighted by Crippen LogP contribution is 2.21. The summed E-state index contributed by atoms with van der Waals surface area (Å²) in [4.78, 5) is 12.0. The molecule has 6 heteroatoms. The topological polar surface area (TPSA) is 70.9 Å². The van der Waals surface area contributed by atoms with Crippen LogP contribution in [-0.2, 0) is 11.2 Å². The monoisotopic (exact) mass is 358 g/mol. The summed E-state index contributed by atoms with van der Waals surface area (Å²) in [6.45, 7) is 5.25. The lowest BCUT2D eigenvalue weighted by molar-refractivity contribution is -0.127. The highest BCUT2D eigenvalue weighted by Gasteiger charge is 2.14. The van der Waals surface area contributed by atoms with Gasteiger partial charge in [-0.1, -0.05) is 35.9 Å².